The van der Waals surface area contributed by atoms with E-state index in [1.807, 2.05) is 29.9 Å². The number of aryl methyl sites for hydroxylation is 1. The molecule has 1 aliphatic rings. The number of hydrogen-bond acceptors (Lipinski definition) is 9. The number of benzene rings is 1. The first-order valence-corrected chi connectivity index (χ1v) is 13.4. The van der Waals surface area contributed by atoms with Gasteiger partial charge in [-0.25, -0.2) is 9.97 Å². The molecule has 4 heterocycles. The van der Waals surface area contributed by atoms with Crippen molar-refractivity contribution < 1.29 is 0 Å². The number of thiazole rings is 1. The van der Waals surface area contributed by atoms with Gasteiger partial charge in [0.1, 0.15) is 5.82 Å². The molecule has 1 aromatic carbocycles. The molecule has 0 aliphatic carbocycles. The number of aromatic amines is 1. The third-order valence-electron chi connectivity index (χ3n) is 6.88. The van der Waals surface area contributed by atoms with Crippen LogP contribution in [0.1, 0.15) is 45.2 Å². The minimum Gasteiger partial charge on any atom is -0.351 e. The lowest BCUT2D eigenvalue weighted by molar-refractivity contribution is 0.0858. The normalized spacial score (nSPS) is 20.3. The summed E-state index contributed by atoms with van der Waals surface area (Å²) in [4.78, 5) is 16.7. The van der Waals surface area contributed by atoms with E-state index in [0.717, 1.165) is 53.7 Å². The highest BCUT2D eigenvalue weighted by molar-refractivity contribution is 7.07. The van der Waals surface area contributed by atoms with Crippen LogP contribution in [0, 0.1) is 18.3 Å². The quantitative estimate of drug-likeness (QED) is 0.290. The third kappa shape index (κ3) is 5.17. The highest BCUT2D eigenvalue weighted by Gasteiger charge is 2.32. The summed E-state index contributed by atoms with van der Waals surface area (Å²) >= 11 is 1.58. The molecular formula is C26H31N9S. The van der Waals surface area contributed by atoms with Crippen LogP contribution in [0.3, 0.4) is 0 Å². The molecule has 186 valence electrons. The fourth-order valence-electron chi connectivity index (χ4n) is 5.16. The highest BCUT2D eigenvalue weighted by Crippen LogP contribution is 2.31. The number of anilines is 3. The standard InChI is InChI=1S/C26H31N9S/c1-4-20-13-19(11-17(3)35(20)9-5-8-27)29-26-30-22-12-18(23-14-36-15-28-23)6-7-21(22)25(32-26)31-24-10-16(2)33-34-24/h6-7,10,12,14-15,17,19-20H,4-5,9,11,13H2,1-3H3,(H3,29,30,31,32,33,34). The van der Waals surface area contributed by atoms with Gasteiger partial charge in [-0.3, -0.25) is 10.00 Å². The van der Waals surface area contributed by atoms with Crippen molar-refractivity contribution >= 4 is 39.8 Å². The van der Waals surface area contributed by atoms with Gasteiger partial charge < -0.3 is 10.6 Å². The largest absolute Gasteiger partial charge is 0.351 e. The van der Waals surface area contributed by atoms with E-state index < -0.39 is 0 Å². The summed E-state index contributed by atoms with van der Waals surface area (Å²) in [7, 11) is 0. The molecule has 0 bridgehead atoms. The number of hydrogen-bond donors (Lipinski definition) is 3. The van der Waals surface area contributed by atoms with Gasteiger partial charge >= 0.3 is 0 Å². The topological polar surface area (TPSA) is 118 Å². The van der Waals surface area contributed by atoms with E-state index in [2.05, 4.69) is 62.8 Å². The highest BCUT2D eigenvalue weighted by atomic mass is 32.1. The second-order valence-electron chi connectivity index (χ2n) is 9.43. The summed E-state index contributed by atoms with van der Waals surface area (Å²) in [5.74, 6) is 2.03. The van der Waals surface area contributed by atoms with Crippen LogP contribution >= 0.6 is 11.3 Å². The van der Waals surface area contributed by atoms with Crippen molar-refractivity contribution in [1.29, 1.82) is 5.26 Å². The van der Waals surface area contributed by atoms with E-state index in [-0.39, 0.29) is 6.04 Å². The summed E-state index contributed by atoms with van der Waals surface area (Å²) < 4.78 is 0. The van der Waals surface area contributed by atoms with Crippen LogP contribution in [0.2, 0.25) is 0 Å². The van der Waals surface area contributed by atoms with Gasteiger partial charge in [-0.05, 0) is 45.2 Å². The molecule has 3 atom stereocenters. The van der Waals surface area contributed by atoms with Crippen LogP contribution < -0.4 is 10.6 Å². The number of nitrogens with zero attached hydrogens (tertiary/aromatic N) is 6. The average molecular weight is 502 g/mol. The number of rotatable bonds is 8. The molecule has 5 rings (SSSR count). The van der Waals surface area contributed by atoms with Crippen molar-refractivity contribution in [2.75, 3.05) is 17.2 Å². The summed E-state index contributed by atoms with van der Waals surface area (Å²) in [6, 6.07) is 11.5. The Hall–Kier alpha value is -3.55. The van der Waals surface area contributed by atoms with E-state index in [1.165, 1.54) is 0 Å². The lowest BCUT2D eigenvalue weighted by Gasteiger charge is -2.43. The Morgan fingerprint density at radius 2 is 2.14 bits per heavy atom. The Morgan fingerprint density at radius 1 is 1.25 bits per heavy atom. The zero-order valence-corrected chi connectivity index (χ0v) is 21.6. The van der Waals surface area contributed by atoms with Gasteiger partial charge in [0, 0.05) is 59.2 Å². The van der Waals surface area contributed by atoms with Crippen LogP contribution in [0.4, 0.5) is 17.6 Å². The maximum absolute atomic E-state index is 9.07. The van der Waals surface area contributed by atoms with Crippen molar-refractivity contribution in [3.05, 3.63) is 40.8 Å². The molecule has 3 aromatic heterocycles. The minimum atomic E-state index is 0.253. The maximum atomic E-state index is 9.07. The molecule has 0 saturated carbocycles. The second-order valence-corrected chi connectivity index (χ2v) is 10.2. The Morgan fingerprint density at radius 3 is 2.86 bits per heavy atom. The molecule has 1 saturated heterocycles. The number of piperidine rings is 1. The van der Waals surface area contributed by atoms with E-state index in [1.54, 1.807) is 11.3 Å². The van der Waals surface area contributed by atoms with Crippen molar-refractivity contribution in [1.82, 2.24) is 30.0 Å². The van der Waals surface area contributed by atoms with Crippen LogP contribution in [-0.2, 0) is 0 Å². The lowest BCUT2D eigenvalue weighted by Crippen LogP contribution is -2.51. The molecule has 1 aliphatic heterocycles. The van der Waals surface area contributed by atoms with Gasteiger partial charge in [0.15, 0.2) is 5.82 Å². The van der Waals surface area contributed by atoms with E-state index in [0.29, 0.717) is 36.1 Å². The van der Waals surface area contributed by atoms with Crippen molar-refractivity contribution in [3.63, 3.8) is 0 Å². The molecule has 4 aromatic rings. The molecule has 1 fully saturated rings. The number of fused-ring (bicyclic) bond motifs is 1. The van der Waals surface area contributed by atoms with Crippen LogP contribution in [-0.4, -0.2) is 54.7 Å². The predicted molar refractivity (Wildman–Crippen MR) is 144 cm³/mol. The zero-order chi connectivity index (χ0) is 25.1. The molecule has 0 amide bonds. The fourth-order valence-corrected chi connectivity index (χ4v) is 5.72. The number of nitriles is 1. The van der Waals surface area contributed by atoms with Crippen molar-refractivity contribution in [2.24, 2.45) is 0 Å². The molecular weight excluding hydrogens is 470 g/mol. The van der Waals surface area contributed by atoms with Crippen LogP contribution in [0.5, 0.6) is 0 Å². The summed E-state index contributed by atoms with van der Waals surface area (Å²) in [6.45, 7) is 7.27. The van der Waals surface area contributed by atoms with E-state index >= 15 is 0 Å². The Bertz CT molecular complexity index is 1360. The van der Waals surface area contributed by atoms with Crippen LogP contribution in [0.25, 0.3) is 22.2 Å². The molecule has 0 radical (unpaired) electrons. The summed E-state index contributed by atoms with van der Waals surface area (Å²) in [5, 5.41) is 26.3. The van der Waals surface area contributed by atoms with Gasteiger partial charge in [0.05, 0.1) is 22.8 Å². The predicted octanol–water partition coefficient (Wildman–Crippen LogP) is 5.49. The number of H-pyrrole nitrogens is 1. The van der Waals surface area contributed by atoms with Crippen molar-refractivity contribution in [3.8, 4) is 17.3 Å². The Kier molecular flexibility index (Phi) is 7.11. The van der Waals surface area contributed by atoms with Crippen molar-refractivity contribution in [2.45, 2.75) is 64.6 Å². The minimum absolute atomic E-state index is 0.253. The average Bonchev–Trinajstić information content (AvgIpc) is 3.55. The molecule has 36 heavy (non-hydrogen) atoms. The molecule has 0 spiro atoms. The summed E-state index contributed by atoms with van der Waals surface area (Å²) in [5.41, 5.74) is 5.63. The first-order chi connectivity index (χ1) is 17.5. The number of likely N-dealkylation sites (tertiary alicyclic amines) is 1. The smallest absolute Gasteiger partial charge is 0.225 e. The third-order valence-corrected chi connectivity index (χ3v) is 7.47. The van der Waals surface area contributed by atoms with E-state index in [4.69, 9.17) is 15.2 Å². The van der Waals surface area contributed by atoms with Gasteiger partial charge in [-0.1, -0.05) is 13.0 Å². The van der Waals surface area contributed by atoms with Gasteiger partial charge in [0.2, 0.25) is 5.95 Å². The SMILES string of the molecule is CCC1CC(Nc2nc(Nc3cc(C)[nH]n3)c3ccc(-c4cscn4)cc3n2)CC(C)N1CCC#N. The first kappa shape index (κ1) is 24.2. The second kappa shape index (κ2) is 10.6. The molecule has 10 heteroatoms. The maximum Gasteiger partial charge on any atom is 0.225 e. The first-order valence-electron chi connectivity index (χ1n) is 12.4. The van der Waals surface area contributed by atoms with Gasteiger partial charge in [0.25, 0.3) is 0 Å². The van der Waals surface area contributed by atoms with Gasteiger partial charge in [-0.15, -0.1) is 11.3 Å². The van der Waals surface area contributed by atoms with Crippen LogP contribution in [0.15, 0.2) is 35.2 Å². The molecule has 9 nitrogen and oxygen atoms in total. The Balaban J connectivity index is 1.46. The van der Waals surface area contributed by atoms with E-state index in [9.17, 15) is 0 Å². The lowest BCUT2D eigenvalue weighted by atomic mass is 9.90. The number of nitrogens with one attached hydrogen (secondary N) is 3. The monoisotopic (exact) mass is 501 g/mol. The van der Waals surface area contributed by atoms with Gasteiger partial charge in [-0.2, -0.15) is 15.3 Å². The molecule has 3 unspecified atom stereocenters. The summed E-state index contributed by atoms with van der Waals surface area (Å²) in [6.07, 6.45) is 3.59. The molecule has 3 N–H and O–H groups in total. The fraction of sp³-hybridized carbons (Fsp3) is 0.423. The Labute approximate surface area is 215 Å². The number of aromatic nitrogens is 5. The zero-order valence-electron chi connectivity index (χ0n) is 20.8.